The molecule has 0 unspecified atom stereocenters. The molecule has 0 aliphatic rings. The van der Waals surface area contributed by atoms with Crippen LogP contribution in [0.2, 0.25) is 0 Å². The van der Waals surface area contributed by atoms with Gasteiger partial charge in [-0.1, -0.05) is 36.4 Å². The molecule has 0 aliphatic carbocycles. The van der Waals surface area contributed by atoms with E-state index in [1.807, 2.05) is 49.3 Å². The standard InChI is InChI=1S/C27H29N3O6S/c1-5-36-27(32)23-22-19(15-29(2)3)26(31)21(18-12-9-13-28-14-18)20(16-37(33,34)35)25(22)30(4)24(23)17-10-7-6-8-11-17/h6-14,31H,5,15-16H2,1-4H3,(H,33,34,35). The molecule has 4 rings (SSSR count). The lowest BCUT2D eigenvalue weighted by molar-refractivity contribution is 0.0529. The molecule has 10 heteroatoms. The highest BCUT2D eigenvalue weighted by Gasteiger charge is 2.32. The molecule has 0 saturated carbocycles. The van der Waals surface area contributed by atoms with Gasteiger partial charge in [-0.2, -0.15) is 8.42 Å². The van der Waals surface area contributed by atoms with Crippen molar-refractivity contribution >= 4 is 27.0 Å². The topological polar surface area (TPSA) is 122 Å². The molecule has 0 amide bonds. The van der Waals surface area contributed by atoms with Crippen LogP contribution in [0.1, 0.15) is 28.4 Å². The maximum atomic E-state index is 13.5. The molecular formula is C27H29N3O6S. The minimum atomic E-state index is -4.54. The van der Waals surface area contributed by atoms with Gasteiger partial charge in [0.2, 0.25) is 0 Å². The Bertz CT molecular complexity index is 1560. The normalized spacial score (nSPS) is 11.8. The molecule has 0 spiro atoms. The summed E-state index contributed by atoms with van der Waals surface area (Å²) in [6.07, 6.45) is 3.08. The number of hydrogen-bond donors (Lipinski definition) is 2. The number of carbonyl (C=O) groups is 1. The number of aryl methyl sites for hydroxylation is 1. The maximum Gasteiger partial charge on any atom is 0.340 e. The van der Waals surface area contributed by atoms with Gasteiger partial charge < -0.3 is 19.3 Å². The molecule has 2 N–H and O–H groups in total. The van der Waals surface area contributed by atoms with E-state index in [0.717, 1.165) is 0 Å². The second-order valence-corrected chi connectivity index (χ2v) is 10.4. The van der Waals surface area contributed by atoms with Gasteiger partial charge in [0.05, 0.1) is 23.4 Å². The van der Waals surface area contributed by atoms with Gasteiger partial charge in [0.25, 0.3) is 10.1 Å². The Labute approximate surface area is 215 Å². The van der Waals surface area contributed by atoms with Crippen molar-refractivity contribution in [2.24, 2.45) is 7.05 Å². The molecule has 2 aromatic heterocycles. The zero-order valence-corrected chi connectivity index (χ0v) is 21.9. The van der Waals surface area contributed by atoms with E-state index < -0.39 is 21.8 Å². The molecule has 0 fully saturated rings. The van der Waals surface area contributed by atoms with E-state index in [4.69, 9.17) is 4.74 Å². The van der Waals surface area contributed by atoms with Gasteiger partial charge in [-0.15, -0.1) is 0 Å². The quantitative estimate of drug-likeness (QED) is 0.260. The van der Waals surface area contributed by atoms with Crippen molar-refractivity contribution in [3.05, 3.63) is 71.5 Å². The number of benzene rings is 2. The smallest absolute Gasteiger partial charge is 0.340 e. The molecule has 0 bridgehead atoms. The Balaban J connectivity index is 2.31. The van der Waals surface area contributed by atoms with Crippen molar-refractivity contribution < 1.29 is 27.6 Å². The Morgan fingerprint density at radius 3 is 2.32 bits per heavy atom. The predicted octanol–water partition coefficient (Wildman–Crippen LogP) is 4.24. The lowest BCUT2D eigenvalue weighted by atomic mass is 9.91. The minimum absolute atomic E-state index is 0.129. The fourth-order valence-electron chi connectivity index (χ4n) is 4.81. The molecule has 37 heavy (non-hydrogen) atoms. The number of hydrogen-bond acceptors (Lipinski definition) is 7. The lowest BCUT2D eigenvalue weighted by Crippen LogP contribution is -2.14. The van der Waals surface area contributed by atoms with Crippen molar-refractivity contribution in [2.45, 2.75) is 19.2 Å². The van der Waals surface area contributed by atoms with Gasteiger partial charge in [-0.25, -0.2) is 4.79 Å². The third-order valence-electron chi connectivity index (χ3n) is 6.08. The van der Waals surface area contributed by atoms with Gasteiger partial charge in [0.1, 0.15) is 11.5 Å². The Kier molecular flexibility index (Phi) is 7.35. The van der Waals surface area contributed by atoms with E-state index in [9.17, 15) is 22.9 Å². The van der Waals surface area contributed by atoms with Crippen LogP contribution in [0.5, 0.6) is 5.75 Å². The SMILES string of the molecule is CCOC(=O)c1c(-c2ccccc2)n(C)c2c(CS(=O)(=O)O)c(-c3cccnc3)c(O)c(CN(C)C)c12. The van der Waals surface area contributed by atoms with Crippen LogP contribution < -0.4 is 0 Å². The highest BCUT2D eigenvalue weighted by molar-refractivity contribution is 7.85. The molecule has 2 heterocycles. The molecular weight excluding hydrogens is 494 g/mol. The number of ether oxygens (including phenoxy) is 1. The number of aromatic hydroxyl groups is 1. The van der Waals surface area contributed by atoms with Crippen molar-refractivity contribution in [2.75, 3.05) is 20.7 Å². The lowest BCUT2D eigenvalue weighted by Gasteiger charge is -2.20. The highest BCUT2D eigenvalue weighted by Crippen LogP contribution is 2.47. The summed E-state index contributed by atoms with van der Waals surface area (Å²) in [5, 5.41) is 12.1. The number of pyridine rings is 1. The van der Waals surface area contributed by atoms with Crippen LogP contribution >= 0.6 is 0 Å². The summed E-state index contributed by atoms with van der Waals surface area (Å²) < 4.78 is 41.6. The van der Waals surface area contributed by atoms with Gasteiger partial charge in [0.15, 0.2) is 0 Å². The van der Waals surface area contributed by atoms with E-state index >= 15 is 0 Å². The number of rotatable bonds is 8. The van der Waals surface area contributed by atoms with E-state index in [0.29, 0.717) is 33.3 Å². The Morgan fingerprint density at radius 1 is 1.08 bits per heavy atom. The van der Waals surface area contributed by atoms with Crippen LogP contribution in [-0.2, 0) is 34.2 Å². The summed E-state index contributed by atoms with van der Waals surface area (Å²) in [5.41, 5.74) is 3.11. The fourth-order valence-corrected chi connectivity index (χ4v) is 5.46. The first-order valence-electron chi connectivity index (χ1n) is 11.7. The fraction of sp³-hybridized carbons (Fsp3) is 0.259. The van der Waals surface area contributed by atoms with E-state index in [2.05, 4.69) is 4.98 Å². The zero-order valence-electron chi connectivity index (χ0n) is 21.1. The van der Waals surface area contributed by atoms with Crippen molar-refractivity contribution in [1.82, 2.24) is 14.5 Å². The van der Waals surface area contributed by atoms with Crippen LogP contribution in [0, 0.1) is 0 Å². The third kappa shape index (κ3) is 5.08. The molecule has 0 aliphatic heterocycles. The molecule has 9 nitrogen and oxygen atoms in total. The first-order chi connectivity index (χ1) is 17.5. The van der Waals surface area contributed by atoms with Crippen LogP contribution in [0.4, 0.5) is 0 Å². The van der Waals surface area contributed by atoms with Gasteiger partial charge in [0, 0.05) is 53.6 Å². The second kappa shape index (κ2) is 10.3. The zero-order chi connectivity index (χ0) is 26.9. The van der Waals surface area contributed by atoms with Gasteiger partial charge >= 0.3 is 5.97 Å². The number of phenolic OH excluding ortho intramolecular Hbond substituents is 1. The monoisotopic (exact) mass is 523 g/mol. The van der Waals surface area contributed by atoms with Crippen LogP contribution in [0.25, 0.3) is 33.3 Å². The molecule has 2 aromatic carbocycles. The maximum absolute atomic E-state index is 13.5. The molecule has 194 valence electrons. The number of carbonyl (C=O) groups excluding carboxylic acids is 1. The molecule has 0 atom stereocenters. The first-order valence-corrected chi connectivity index (χ1v) is 13.3. The summed E-state index contributed by atoms with van der Waals surface area (Å²) in [6.45, 7) is 2.07. The highest BCUT2D eigenvalue weighted by atomic mass is 32.2. The van der Waals surface area contributed by atoms with Crippen molar-refractivity contribution in [3.63, 3.8) is 0 Å². The van der Waals surface area contributed by atoms with E-state index in [1.165, 1.54) is 6.20 Å². The van der Waals surface area contributed by atoms with Crippen molar-refractivity contribution in [3.8, 4) is 28.1 Å². The average Bonchev–Trinajstić information content (AvgIpc) is 3.15. The molecule has 0 saturated heterocycles. The summed E-state index contributed by atoms with van der Waals surface area (Å²) in [7, 11) is 0.839. The van der Waals surface area contributed by atoms with Gasteiger partial charge in [-0.3, -0.25) is 9.54 Å². The minimum Gasteiger partial charge on any atom is -0.507 e. The van der Waals surface area contributed by atoms with Gasteiger partial charge in [-0.05, 0) is 32.6 Å². The van der Waals surface area contributed by atoms with Crippen LogP contribution in [0.3, 0.4) is 0 Å². The number of aromatic nitrogens is 2. The second-order valence-electron chi connectivity index (χ2n) is 8.98. The molecule has 4 aromatic rings. The molecule has 0 radical (unpaired) electrons. The van der Waals surface area contributed by atoms with Crippen molar-refractivity contribution in [1.29, 1.82) is 0 Å². The number of nitrogens with zero attached hydrogens (tertiary/aromatic N) is 3. The first kappa shape index (κ1) is 26.3. The Hall–Kier alpha value is -3.73. The number of esters is 1. The van der Waals surface area contributed by atoms with Crippen LogP contribution in [-0.4, -0.2) is 59.2 Å². The number of phenols is 1. The summed E-state index contributed by atoms with van der Waals surface area (Å²) >= 11 is 0. The van der Waals surface area contributed by atoms with E-state index in [-0.39, 0.29) is 35.6 Å². The Morgan fingerprint density at radius 2 is 1.76 bits per heavy atom. The summed E-state index contributed by atoms with van der Waals surface area (Å²) in [4.78, 5) is 19.4. The van der Waals surface area contributed by atoms with E-state index in [1.54, 1.807) is 36.9 Å². The summed E-state index contributed by atoms with van der Waals surface area (Å²) in [6, 6.07) is 12.6. The average molecular weight is 524 g/mol. The largest absolute Gasteiger partial charge is 0.507 e. The predicted molar refractivity (Wildman–Crippen MR) is 142 cm³/mol. The summed E-state index contributed by atoms with van der Waals surface area (Å²) in [5.74, 6) is -1.57. The third-order valence-corrected chi connectivity index (χ3v) is 6.74. The number of fused-ring (bicyclic) bond motifs is 1. The van der Waals surface area contributed by atoms with Crippen LogP contribution in [0.15, 0.2) is 54.9 Å².